The van der Waals surface area contributed by atoms with Gasteiger partial charge in [-0.15, -0.1) is 0 Å². The molecule has 0 atom stereocenters. The Balaban J connectivity index is 1.42. The third kappa shape index (κ3) is 6.08. The van der Waals surface area contributed by atoms with Crippen molar-refractivity contribution in [2.24, 2.45) is 0 Å². The third-order valence-corrected chi connectivity index (χ3v) is 4.31. The summed E-state index contributed by atoms with van der Waals surface area (Å²) in [6, 6.07) is 17.8. The molecular formula is C21H21ClN4O. The van der Waals surface area contributed by atoms with E-state index in [0.717, 1.165) is 24.4 Å². The lowest BCUT2D eigenvalue weighted by molar-refractivity contribution is 0.0949. The highest BCUT2D eigenvalue weighted by molar-refractivity contribution is 6.30. The van der Waals surface area contributed by atoms with E-state index in [4.69, 9.17) is 11.6 Å². The van der Waals surface area contributed by atoms with Crippen molar-refractivity contribution in [1.82, 2.24) is 15.3 Å². The molecule has 0 bridgehead atoms. The molecule has 0 saturated heterocycles. The van der Waals surface area contributed by atoms with E-state index < -0.39 is 0 Å². The van der Waals surface area contributed by atoms with Crippen LogP contribution in [0.2, 0.25) is 5.02 Å². The van der Waals surface area contributed by atoms with Gasteiger partial charge in [-0.25, -0.2) is 9.97 Å². The molecule has 0 aliphatic rings. The first-order valence-electron chi connectivity index (χ1n) is 8.83. The van der Waals surface area contributed by atoms with E-state index in [9.17, 15) is 4.79 Å². The summed E-state index contributed by atoms with van der Waals surface area (Å²) in [5.74, 6) is 0.427. The van der Waals surface area contributed by atoms with Crippen LogP contribution in [-0.4, -0.2) is 29.0 Å². The highest BCUT2D eigenvalue weighted by Crippen LogP contribution is 2.10. The number of carbonyl (C=O) groups is 1. The molecule has 1 heterocycles. The van der Waals surface area contributed by atoms with Crippen LogP contribution < -0.4 is 10.6 Å². The molecule has 1 amide bonds. The molecular weight excluding hydrogens is 360 g/mol. The van der Waals surface area contributed by atoms with Crippen molar-refractivity contribution >= 4 is 23.3 Å². The molecule has 0 aliphatic heterocycles. The normalized spacial score (nSPS) is 10.4. The van der Waals surface area contributed by atoms with Gasteiger partial charge in [-0.1, -0.05) is 54.1 Å². The summed E-state index contributed by atoms with van der Waals surface area (Å²) in [5.41, 5.74) is 2.68. The molecule has 0 spiro atoms. The number of carbonyl (C=O) groups excluding carboxylic acids is 1. The van der Waals surface area contributed by atoms with Crippen LogP contribution in [-0.2, 0) is 12.8 Å². The van der Waals surface area contributed by atoms with Crippen molar-refractivity contribution in [2.75, 3.05) is 18.4 Å². The van der Waals surface area contributed by atoms with E-state index >= 15 is 0 Å². The number of nitrogens with one attached hydrogen (secondary N) is 2. The average Bonchev–Trinajstić information content (AvgIpc) is 2.71. The van der Waals surface area contributed by atoms with Gasteiger partial charge >= 0.3 is 0 Å². The fourth-order valence-corrected chi connectivity index (χ4v) is 2.70. The summed E-state index contributed by atoms with van der Waals surface area (Å²) >= 11 is 5.88. The van der Waals surface area contributed by atoms with Crippen LogP contribution in [0.25, 0.3) is 0 Å². The Bertz CT molecular complexity index is 852. The number of hydrogen-bond donors (Lipinski definition) is 2. The minimum Gasteiger partial charge on any atom is -0.368 e. The monoisotopic (exact) mass is 380 g/mol. The van der Waals surface area contributed by atoms with Crippen LogP contribution in [0, 0.1) is 0 Å². The minimum atomic E-state index is -0.217. The molecule has 0 unspecified atom stereocenters. The number of benzene rings is 2. The van der Waals surface area contributed by atoms with Gasteiger partial charge in [0.1, 0.15) is 11.5 Å². The van der Waals surface area contributed by atoms with E-state index in [0.29, 0.717) is 18.1 Å². The van der Waals surface area contributed by atoms with Crippen molar-refractivity contribution in [3.05, 3.63) is 88.8 Å². The topological polar surface area (TPSA) is 66.9 Å². The zero-order chi connectivity index (χ0) is 18.9. The number of aromatic nitrogens is 2. The summed E-state index contributed by atoms with van der Waals surface area (Å²) in [4.78, 5) is 20.6. The third-order valence-electron chi connectivity index (χ3n) is 4.06. The standard InChI is InChI=1S/C21H21ClN4O/c22-18-8-6-17(7-9-18)10-12-23-20-15-25-19(14-26-20)21(27)24-13-11-16-4-2-1-3-5-16/h1-9,14-15H,10-13H2,(H,23,26)(H,24,27). The molecule has 3 rings (SSSR count). The number of hydrogen-bond acceptors (Lipinski definition) is 4. The maximum absolute atomic E-state index is 12.1. The Labute approximate surface area is 163 Å². The first-order chi connectivity index (χ1) is 13.2. The summed E-state index contributed by atoms with van der Waals surface area (Å²) in [6.07, 6.45) is 4.70. The quantitative estimate of drug-likeness (QED) is 0.624. The zero-order valence-electron chi connectivity index (χ0n) is 14.9. The second-order valence-electron chi connectivity index (χ2n) is 6.08. The van der Waals surface area contributed by atoms with Crippen LogP contribution in [0.5, 0.6) is 0 Å². The Kier molecular flexibility index (Phi) is 6.77. The molecule has 27 heavy (non-hydrogen) atoms. The summed E-state index contributed by atoms with van der Waals surface area (Å²) < 4.78 is 0. The lowest BCUT2D eigenvalue weighted by atomic mass is 10.1. The number of amides is 1. The molecule has 6 heteroatoms. The fraction of sp³-hybridized carbons (Fsp3) is 0.190. The van der Waals surface area contributed by atoms with Crippen LogP contribution in [0.15, 0.2) is 67.0 Å². The van der Waals surface area contributed by atoms with E-state index in [1.165, 1.54) is 17.3 Å². The lowest BCUT2D eigenvalue weighted by Crippen LogP contribution is -2.26. The molecule has 0 fully saturated rings. The fourth-order valence-electron chi connectivity index (χ4n) is 2.58. The van der Waals surface area contributed by atoms with Crippen LogP contribution in [0.1, 0.15) is 21.6 Å². The SMILES string of the molecule is O=C(NCCc1ccccc1)c1cnc(NCCc2ccc(Cl)cc2)cn1. The molecule has 2 aromatic carbocycles. The van der Waals surface area contributed by atoms with Crippen molar-refractivity contribution < 1.29 is 4.79 Å². The first kappa shape index (κ1) is 18.9. The first-order valence-corrected chi connectivity index (χ1v) is 9.21. The maximum Gasteiger partial charge on any atom is 0.271 e. The zero-order valence-corrected chi connectivity index (χ0v) is 15.6. The van der Waals surface area contributed by atoms with Crippen LogP contribution in [0.4, 0.5) is 5.82 Å². The predicted octanol–water partition coefficient (Wildman–Crippen LogP) is 3.76. The van der Waals surface area contributed by atoms with Gasteiger partial charge in [0.2, 0.25) is 0 Å². The van der Waals surface area contributed by atoms with E-state index in [2.05, 4.69) is 20.6 Å². The van der Waals surface area contributed by atoms with Gasteiger partial charge in [0, 0.05) is 18.1 Å². The molecule has 2 N–H and O–H groups in total. The molecule has 1 aromatic heterocycles. The number of nitrogens with zero attached hydrogens (tertiary/aromatic N) is 2. The van der Waals surface area contributed by atoms with Gasteiger partial charge in [0.15, 0.2) is 0 Å². The minimum absolute atomic E-state index is 0.217. The highest BCUT2D eigenvalue weighted by atomic mass is 35.5. The van der Waals surface area contributed by atoms with E-state index in [1.807, 2.05) is 54.6 Å². The van der Waals surface area contributed by atoms with Gasteiger partial charge < -0.3 is 10.6 Å². The largest absolute Gasteiger partial charge is 0.368 e. The molecule has 138 valence electrons. The van der Waals surface area contributed by atoms with Crippen molar-refractivity contribution in [2.45, 2.75) is 12.8 Å². The van der Waals surface area contributed by atoms with Gasteiger partial charge in [-0.3, -0.25) is 4.79 Å². The molecule has 0 radical (unpaired) electrons. The van der Waals surface area contributed by atoms with Gasteiger partial charge in [0.05, 0.1) is 12.4 Å². The number of rotatable bonds is 8. The number of anilines is 1. The van der Waals surface area contributed by atoms with Gasteiger partial charge in [-0.2, -0.15) is 0 Å². The van der Waals surface area contributed by atoms with Crippen LogP contribution in [0.3, 0.4) is 0 Å². The van der Waals surface area contributed by atoms with Crippen molar-refractivity contribution in [3.8, 4) is 0 Å². The van der Waals surface area contributed by atoms with Gasteiger partial charge in [0.25, 0.3) is 5.91 Å². The molecule has 0 aliphatic carbocycles. The lowest BCUT2D eigenvalue weighted by Gasteiger charge is -2.07. The summed E-state index contributed by atoms with van der Waals surface area (Å²) in [7, 11) is 0. The Morgan fingerprint density at radius 3 is 2.26 bits per heavy atom. The maximum atomic E-state index is 12.1. The number of halogens is 1. The Hall–Kier alpha value is -2.92. The molecule has 5 nitrogen and oxygen atoms in total. The highest BCUT2D eigenvalue weighted by Gasteiger charge is 2.07. The summed E-state index contributed by atoms with van der Waals surface area (Å²) in [5, 5.41) is 6.80. The van der Waals surface area contributed by atoms with Gasteiger partial charge in [-0.05, 0) is 36.1 Å². The second kappa shape index (κ2) is 9.69. The van der Waals surface area contributed by atoms with Crippen molar-refractivity contribution in [3.63, 3.8) is 0 Å². The van der Waals surface area contributed by atoms with Crippen molar-refractivity contribution in [1.29, 1.82) is 0 Å². The smallest absolute Gasteiger partial charge is 0.271 e. The molecule has 3 aromatic rings. The molecule has 0 saturated carbocycles. The second-order valence-corrected chi connectivity index (χ2v) is 6.52. The summed E-state index contributed by atoms with van der Waals surface area (Å²) in [6.45, 7) is 1.28. The predicted molar refractivity (Wildman–Crippen MR) is 108 cm³/mol. The van der Waals surface area contributed by atoms with Crippen LogP contribution >= 0.6 is 11.6 Å². The van der Waals surface area contributed by atoms with E-state index in [1.54, 1.807) is 6.20 Å². The van der Waals surface area contributed by atoms with E-state index in [-0.39, 0.29) is 5.91 Å². The Morgan fingerprint density at radius 2 is 1.56 bits per heavy atom. The average molecular weight is 381 g/mol. The Morgan fingerprint density at radius 1 is 0.852 bits per heavy atom.